The minimum absolute atomic E-state index is 0.0661. The molecule has 0 fully saturated rings. The Morgan fingerprint density at radius 1 is 1.03 bits per heavy atom. The lowest BCUT2D eigenvalue weighted by Gasteiger charge is -2.18. The molecule has 0 spiro atoms. The van der Waals surface area contributed by atoms with Gasteiger partial charge in [-0.1, -0.05) is 32.0 Å². The van der Waals surface area contributed by atoms with Crippen LogP contribution < -0.4 is 5.32 Å². The maximum Gasteiger partial charge on any atom is 0.339 e. The first kappa shape index (κ1) is 24.5. The number of para-hydroxylation sites is 1. The lowest BCUT2D eigenvalue weighted by atomic mass is 9.97. The number of rotatable bonds is 9. The highest BCUT2D eigenvalue weighted by molar-refractivity contribution is 5.99. The fourth-order valence-electron chi connectivity index (χ4n) is 2.94. The van der Waals surface area contributed by atoms with Gasteiger partial charge in [0.05, 0.1) is 22.7 Å². The Hall–Kier alpha value is -3.75. The minimum atomic E-state index is -1.18. The van der Waals surface area contributed by atoms with Gasteiger partial charge in [-0.25, -0.2) is 9.59 Å². The maximum absolute atomic E-state index is 12.6. The summed E-state index contributed by atoms with van der Waals surface area (Å²) in [5, 5.41) is 14.0. The largest absolute Gasteiger partial charge is 0.462 e. The summed E-state index contributed by atoms with van der Waals surface area (Å²) >= 11 is 0. The number of nitrogens with zero attached hydrogens (tertiary/aromatic N) is 1. The molecule has 0 heterocycles. The summed E-state index contributed by atoms with van der Waals surface area (Å²) in [5.41, 5.74) is 0.714. The van der Waals surface area contributed by atoms with E-state index in [9.17, 15) is 24.5 Å². The van der Waals surface area contributed by atoms with Gasteiger partial charge in [0.1, 0.15) is 0 Å². The second-order valence-electron chi connectivity index (χ2n) is 7.18. The van der Waals surface area contributed by atoms with Crippen LogP contribution in [-0.2, 0) is 14.3 Å². The molecule has 170 valence electrons. The fourth-order valence-corrected chi connectivity index (χ4v) is 2.94. The van der Waals surface area contributed by atoms with Crippen LogP contribution in [0.3, 0.4) is 0 Å². The molecule has 32 heavy (non-hydrogen) atoms. The van der Waals surface area contributed by atoms with Crippen molar-refractivity contribution >= 4 is 29.2 Å². The summed E-state index contributed by atoms with van der Waals surface area (Å²) in [7, 11) is 0. The third-order valence-corrected chi connectivity index (χ3v) is 4.89. The SMILES string of the molecule is CCOC(=O)c1cc(C(=O)OC(C)C(=O)Nc2ccccc2C(C)CC)cc([N+](=O)[O-])c1. The number of nitrogens with one attached hydrogen (secondary N) is 1. The molecule has 0 aliphatic rings. The van der Waals surface area contributed by atoms with Crippen molar-refractivity contribution in [2.45, 2.75) is 46.1 Å². The first-order valence-corrected chi connectivity index (χ1v) is 10.2. The van der Waals surface area contributed by atoms with Crippen LogP contribution in [0.2, 0.25) is 0 Å². The topological polar surface area (TPSA) is 125 Å². The van der Waals surface area contributed by atoms with Gasteiger partial charge in [0, 0.05) is 17.8 Å². The Labute approximate surface area is 185 Å². The van der Waals surface area contributed by atoms with E-state index in [0.29, 0.717) is 5.69 Å². The van der Waals surface area contributed by atoms with Gasteiger partial charge in [-0.05, 0) is 43.9 Å². The summed E-state index contributed by atoms with van der Waals surface area (Å²) in [5.74, 6) is -2.12. The summed E-state index contributed by atoms with van der Waals surface area (Å²) < 4.78 is 10.0. The van der Waals surface area contributed by atoms with Gasteiger partial charge in [0.15, 0.2) is 6.10 Å². The number of anilines is 1. The number of carbonyl (C=O) groups is 3. The molecule has 0 radical (unpaired) electrons. The Morgan fingerprint density at radius 3 is 2.25 bits per heavy atom. The van der Waals surface area contributed by atoms with Crippen molar-refractivity contribution in [1.29, 1.82) is 0 Å². The Morgan fingerprint density at radius 2 is 1.66 bits per heavy atom. The molecule has 0 aliphatic carbocycles. The lowest BCUT2D eigenvalue weighted by Crippen LogP contribution is -2.30. The predicted octanol–water partition coefficient (Wildman–Crippen LogP) is 4.47. The van der Waals surface area contributed by atoms with Crippen LogP contribution in [0.1, 0.15) is 66.3 Å². The number of non-ortho nitro benzene ring substituents is 1. The van der Waals surface area contributed by atoms with E-state index < -0.39 is 34.6 Å². The van der Waals surface area contributed by atoms with Gasteiger partial charge < -0.3 is 14.8 Å². The highest BCUT2D eigenvalue weighted by Crippen LogP contribution is 2.27. The smallest absolute Gasteiger partial charge is 0.339 e. The van der Waals surface area contributed by atoms with Crippen molar-refractivity contribution < 1.29 is 28.8 Å². The molecule has 0 saturated heterocycles. The zero-order valence-electron chi connectivity index (χ0n) is 18.4. The average Bonchev–Trinajstić information content (AvgIpc) is 2.78. The molecule has 1 amide bonds. The third kappa shape index (κ3) is 6.13. The Balaban J connectivity index is 2.19. The molecule has 0 bridgehead atoms. The number of hydrogen-bond donors (Lipinski definition) is 1. The molecule has 9 heteroatoms. The van der Waals surface area contributed by atoms with E-state index in [-0.39, 0.29) is 23.7 Å². The van der Waals surface area contributed by atoms with Gasteiger partial charge >= 0.3 is 11.9 Å². The normalized spacial score (nSPS) is 12.4. The van der Waals surface area contributed by atoms with E-state index in [1.54, 1.807) is 19.1 Å². The number of amides is 1. The number of benzene rings is 2. The van der Waals surface area contributed by atoms with Gasteiger partial charge in [0.2, 0.25) is 0 Å². The lowest BCUT2D eigenvalue weighted by molar-refractivity contribution is -0.384. The van der Waals surface area contributed by atoms with Crippen LogP contribution in [0.25, 0.3) is 0 Å². The molecule has 2 rings (SSSR count). The first-order chi connectivity index (χ1) is 15.2. The minimum Gasteiger partial charge on any atom is -0.462 e. The van der Waals surface area contributed by atoms with E-state index in [4.69, 9.17) is 9.47 Å². The van der Waals surface area contributed by atoms with Crippen LogP contribution in [-0.4, -0.2) is 35.5 Å². The molecule has 2 aromatic carbocycles. The monoisotopic (exact) mass is 442 g/mol. The van der Waals surface area contributed by atoms with E-state index >= 15 is 0 Å². The van der Waals surface area contributed by atoms with Crippen molar-refractivity contribution in [2.24, 2.45) is 0 Å². The fraction of sp³-hybridized carbons (Fsp3) is 0.348. The van der Waals surface area contributed by atoms with Gasteiger partial charge in [-0.15, -0.1) is 0 Å². The molecule has 0 aromatic heterocycles. The standard InChI is InChI=1S/C23H26N2O7/c1-5-14(3)19-9-7-8-10-20(19)24-21(26)15(4)32-23(28)17-11-16(22(27)31-6-2)12-18(13-17)25(29)30/h7-15H,5-6H2,1-4H3,(H,24,26). The van der Waals surface area contributed by atoms with E-state index in [1.165, 1.54) is 6.92 Å². The summed E-state index contributed by atoms with van der Waals surface area (Å²) in [6, 6.07) is 10.5. The highest BCUT2D eigenvalue weighted by Gasteiger charge is 2.24. The molecule has 9 nitrogen and oxygen atoms in total. The van der Waals surface area contributed by atoms with Crippen molar-refractivity contribution in [3.05, 3.63) is 69.3 Å². The third-order valence-electron chi connectivity index (χ3n) is 4.89. The van der Waals surface area contributed by atoms with Gasteiger partial charge in [-0.2, -0.15) is 0 Å². The number of nitro benzene ring substituents is 1. The van der Waals surface area contributed by atoms with E-state index in [0.717, 1.165) is 30.2 Å². The van der Waals surface area contributed by atoms with Gasteiger partial charge in [0.25, 0.3) is 11.6 Å². The Bertz CT molecular complexity index is 1020. The molecule has 0 aliphatic heterocycles. The molecular formula is C23H26N2O7. The second kappa shape index (κ2) is 11.0. The van der Waals surface area contributed by atoms with Crippen molar-refractivity contribution in [3.63, 3.8) is 0 Å². The second-order valence-corrected chi connectivity index (χ2v) is 7.18. The summed E-state index contributed by atoms with van der Waals surface area (Å²) in [4.78, 5) is 47.6. The quantitative estimate of drug-likeness (QED) is 0.345. The number of nitro groups is 1. The average molecular weight is 442 g/mol. The number of esters is 2. The van der Waals surface area contributed by atoms with Crippen molar-refractivity contribution in [3.8, 4) is 0 Å². The number of carbonyl (C=O) groups excluding carboxylic acids is 3. The maximum atomic E-state index is 12.6. The van der Waals surface area contributed by atoms with Crippen molar-refractivity contribution in [1.82, 2.24) is 0 Å². The molecule has 0 saturated carbocycles. The summed E-state index contributed by atoms with van der Waals surface area (Å²) in [6.07, 6.45) is -0.301. The zero-order chi connectivity index (χ0) is 23.8. The molecule has 2 atom stereocenters. The molecule has 2 aromatic rings. The van der Waals surface area contributed by atoms with E-state index in [1.807, 2.05) is 26.0 Å². The van der Waals surface area contributed by atoms with Crippen LogP contribution >= 0.6 is 0 Å². The van der Waals surface area contributed by atoms with Crippen molar-refractivity contribution in [2.75, 3.05) is 11.9 Å². The van der Waals surface area contributed by atoms with E-state index in [2.05, 4.69) is 5.32 Å². The molecular weight excluding hydrogens is 416 g/mol. The van der Waals surface area contributed by atoms with Crippen LogP contribution in [0.5, 0.6) is 0 Å². The first-order valence-electron chi connectivity index (χ1n) is 10.2. The number of hydrogen-bond acceptors (Lipinski definition) is 7. The summed E-state index contributed by atoms with van der Waals surface area (Å²) in [6.45, 7) is 7.12. The highest BCUT2D eigenvalue weighted by atomic mass is 16.6. The van der Waals surface area contributed by atoms with Gasteiger partial charge in [-0.3, -0.25) is 14.9 Å². The predicted molar refractivity (Wildman–Crippen MR) is 118 cm³/mol. The number of ether oxygens (including phenoxy) is 2. The van der Waals surface area contributed by atoms with Crippen LogP contribution in [0.4, 0.5) is 11.4 Å². The Kier molecular flexibility index (Phi) is 8.46. The van der Waals surface area contributed by atoms with Crippen LogP contribution in [0.15, 0.2) is 42.5 Å². The molecule has 2 unspecified atom stereocenters. The molecule has 1 N–H and O–H groups in total. The zero-order valence-corrected chi connectivity index (χ0v) is 18.4. The van der Waals surface area contributed by atoms with Crippen LogP contribution in [0, 0.1) is 10.1 Å².